The van der Waals surface area contributed by atoms with Crippen molar-refractivity contribution in [3.63, 3.8) is 0 Å². The van der Waals surface area contributed by atoms with Crippen LogP contribution in [0.15, 0.2) is 24.3 Å². The Bertz CT molecular complexity index is 527. The van der Waals surface area contributed by atoms with Gasteiger partial charge in [0.15, 0.2) is 0 Å². The molecule has 1 aromatic carbocycles. The molecule has 1 aromatic heterocycles. The summed E-state index contributed by atoms with van der Waals surface area (Å²) in [5.74, 6) is 0. The Hall–Kier alpha value is -1.70. The molecule has 2 rings (SSSR count). The lowest BCUT2D eigenvalue weighted by Gasteiger charge is -2.03. The Morgan fingerprint density at radius 3 is 2.60 bits per heavy atom. The monoisotopic (exact) mass is 198 g/mol. The first-order chi connectivity index (χ1) is 7.20. The topological polar surface area (TPSA) is 25.8 Å². The zero-order valence-electron chi connectivity index (χ0n) is 9.28. The summed E-state index contributed by atoms with van der Waals surface area (Å²) >= 11 is 0. The molecule has 76 valence electrons. The quantitative estimate of drug-likeness (QED) is 0.702. The van der Waals surface area contributed by atoms with Gasteiger partial charge in [0.05, 0.1) is 22.4 Å². The number of aryl methyl sites for hydroxylation is 2. The van der Waals surface area contributed by atoms with Gasteiger partial charge < -0.3 is 0 Å². The van der Waals surface area contributed by atoms with Crippen LogP contribution >= 0.6 is 0 Å². The van der Waals surface area contributed by atoms with Crippen molar-refractivity contribution in [3.8, 4) is 0 Å². The number of nitrogens with zero attached hydrogens (tertiary/aromatic N) is 2. The molecule has 15 heavy (non-hydrogen) atoms. The molecule has 0 unspecified atom stereocenters. The Morgan fingerprint density at radius 2 is 1.87 bits per heavy atom. The van der Waals surface area contributed by atoms with Crippen LogP contribution in [0.25, 0.3) is 17.1 Å². The zero-order chi connectivity index (χ0) is 10.8. The van der Waals surface area contributed by atoms with Crippen LogP contribution < -0.4 is 0 Å². The third-order valence-electron chi connectivity index (χ3n) is 2.36. The predicted molar refractivity (Wildman–Crippen MR) is 63.7 cm³/mol. The summed E-state index contributed by atoms with van der Waals surface area (Å²) in [5.41, 5.74) is 5.08. The molecule has 0 bridgehead atoms. The lowest BCUT2D eigenvalue weighted by Crippen LogP contribution is -1.93. The van der Waals surface area contributed by atoms with Gasteiger partial charge in [-0.25, -0.2) is 9.97 Å². The van der Waals surface area contributed by atoms with Gasteiger partial charge in [-0.15, -0.1) is 0 Å². The second-order valence-electron chi connectivity index (χ2n) is 3.69. The van der Waals surface area contributed by atoms with E-state index in [9.17, 15) is 0 Å². The summed E-state index contributed by atoms with van der Waals surface area (Å²) in [5, 5.41) is 0. The van der Waals surface area contributed by atoms with Crippen molar-refractivity contribution in [1.82, 2.24) is 9.97 Å². The van der Waals surface area contributed by atoms with Crippen molar-refractivity contribution < 1.29 is 0 Å². The minimum absolute atomic E-state index is 0.953. The van der Waals surface area contributed by atoms with Gasteiger partial charge in [0.1, 0.15) is 0 Å². The molecule has 0 N–H and O–H groups in total. The fourth-order valence-electron chi connectivity index (χ4n) is 1.58. The predicted octanol–water partition coefficient (Wildman–Crippen LogP) is 3.28. The van der Waals surface area contributed by atoms with E-state index in [4.69, 9.17) is 0 Å². The zero-order valence-corrected chi connectivity index (χ0v) is 9.28. The number of rotatable bonds is 1. The van der Waals surface area contributed by atoms with Crippen molar-refractivity contribution in [3.05, 3.63) is 41.2 Å². The number of aromatic nitrogens is 2. The van der Waals surface area contributed by atoms with Gasteiger partial charge in [0.2, 0.25) is 0 Å². The Balaban J connectivity index is 2.70. The molecule has 0 saturated heterocycles. The maximum Gasteiger partial charge on any atom is 0.0894 e. The molecular weight excluding hydrogens is 184 g/mol. The van der Waals surface area contributed by atoms with Crippen molar-refractivity contribution in [2.24, 2.45) is 0 Å². The number of allylic oxidation sites excluding steroid dienone is 1. The fourth-order valence-corrected chi connectivity index (χ4v) is 1.58. The molecule has 0 aliphatic rings. The summed E-state index contributed by atoms with van der Waals surface area (Å²) in [6.45, 7) is 6.04. The molecule has 1 heterocycles. The molecule has 0 amide bonds. The maximum atomic E-state index is 4.56. The molecule has 2 heteroatoms. The van der Waals surface area contributed by atoms with Crippen LogP contribution in [0.5, 0.6) is 0 Å². The van der Waals surface area contributed by atoms with E-state index in [1.807, 2.05) is 32.1 Å². The van der Waals surface area contributed by atoms with Crippen molar-refractivity contribution >= 4 is 17.1 Å². The molecule has 0 radical (unpaired) electrons. The van der Waals surface area contributed by atoms with E-state index >= 15 is 0 Å². The molecule has 2 nitrogen and oxygen atoms in total. The largest absolute Gasteiger partial charge is 0.249 e. The Kier molecular flexibility index (Phi) is 2.50. The van der Waals surface area contributed by atoms with Crippen molar-refractivity contribution in [2.75, 3.05) is 0 Å². The highest BCUT2D eigenvalue weighted by Gasteiger charge is 2.01. The van der Waals surface area contributed by atoms with E-state index in [1.54, 1.807) is 0 Å². The highest BCUT2D eigenvalue weighted by molar-refractivity contribution is 5.76. The SMILES string of the molecule is C/C=C/c1nc2ccc(C)cc2nc1C. The summed E-state index contributed by atoms with van der Waals surface area (Å²) in [4.78, 5) is 9.10. The van der Waals surface area contributed by atoms with Crippen LogP contribution in [-0.2, 0) is 0 Å². The van der Waals surface area contributed by atoms with Crippen LogP contribution in [-0.4, -0.2) is 9.97 Å². The maximum absolute atomic E-state index is 4.56. The number of hydrogen-bond acceptors (Lipinski definition) is 2. The average molecular weight is 198 g/mol. The Morgan fingerprint density at radius 1 is 1.07 bits per heavy atom. The second-order valence-corrected chi connectivity index (χ2v) is 3.69. The molecule has 0 aliphatic carbocycles. The first-order valence-corrected chi connectivity index (χ1v) is 5.08. The molecule has 0 atom stereocenters. The summed E-state index contributed by atoms with van der Waals surface area (Å²) < 4.78 is 0. The third-order valence-corrected chi connectivity index (χ3v) is 2.36. The Labute approximate surface area is 89.7 Å². The number of hydrogen-bond donors (Lipinski definition) is 0. The molecular formula is C13H14N2. The third kappa shape index (κ3) is 1.89. The molecule has 2 aromatic rings. The summed E-state index contributed by atoms with van der Waals surface area (Å²) in [7, 11) is 0. The number of fused-ring (bicyclic) bond motifs is 1. The van der Waals surface area contributed by atoms with Gasteiger partial charge >= 0.3 is 0 Å². The van der Waals surface area contributed by atoms with Crippen LogP contribution in [0.4, 0.5) is 0 Å². The first-order valence-electron chi connectivity index (χ1n) is 5.08. The van der Waals surface area contributed by atoms with E-state index in [1.165, 1.54) is 5.56 Å². The van der Waals surface area contributed by atoms with Gasteiger partial charge in [0, 0.05) is 0 Å². The highest BCUT2D eigenvalue weighted by atomic mass is 14.8. The smallest absolute Gasteiger partial charge is 0.0894 e. The first kappa shape index (κ1) is 9.84. The minimum Gasteiger partial charge on any atom is -0.249 e. The fraction of sp³-hybridized carbons (Fsp3) is 0.231. The van der Waals surface area contributed by atoms with Gasteiger partial charge in [-0.3, -0.25) is 0 Å². The summed E-state index contributed by atoms with van der Waals surface area (Å²) in [6.07, 6.45) is 3.97. The van der Waals surface area contributed by atoms with E-state index in [2.05, 4.69) is 29.0 Å². The lowest BCUT2D eigenvalue weighted by molar-refractivity contribution is 1.16. The van der Waals surface area contributed by atoms with Crippen LogP contribution in [0.3, 0.4) is 0 Å². The van der Waals surface area contributed by atoms with E-state index in [-0.39, 0.29) is 0 Å². The summed E-state index contributed by atoms with van der Waals surface area (Å²) in [6, 6.07) is 6.14. The molecule has 0 aliphatic heterocycles. The van der Waals surface area contributed by atoms with E-state index in [0.29, 0.717) is 0 Å². The van der Waals surface area contributed by atoms with Gasteiger partial charge in [0.25, 0.3) is 0 Å². The van der Waals surface area contributed by atoms with Crippen LogP contribution in [0, 0.1) is 13.8 Å². The van der Waals surface area contributed by atoms with Crippen LogP contribution in [0.2, 0.25) is 0 Å². The number of benzene rings is 1. The normalized spacial score (nSPS) is 11.4. The second kappa shape index (κ2) is 3.81. The standard InChI is InChI=1S/C13H14N2/c1-4-5-11-10(3)14-13-8-9(2)6-7-12(13)15-11/h4-8H,1-3H3/b5-4+. The van der Waals surface area contributed by atoms with Crippen molar-refractivity contribution in [2.45, 2.75) is 20.8 Å². The van der Waals surface area contributed by atoms with Crippen molar-refractivity contribution in [1.29, 1.82) is 0 Å². The van der Waals surface area contributed by atoms with Gasteiger partial charge in [-0.2, -0.15) is 0 Å². The molecule has 0 spiro atoms. The van der Waals surface area contributed by atoms with E-state index in [0.717, 1.165) is 22.4 Å². The van der Waals surface area contributed by atoms with Gasteiger partial charge in [-0.05, 0) is 44.5 Å². The highest BCUT2D eigenvalue weighted by Crippen LogP contribution is 2.15. The minimum atomic E-state index is 0.953. The van der Waals surface area contributed by atoms with Crippen LogP contribution in [0.1, 0.15) is 23.9 Å². The average Bonchev–Trinajstić information content (AvgIpc) is 2.20. The molecule has 0 saturated carbocycles. The lowest BCUT2D eigenvalue weighted by atomic mass is 10.2. The molecule has 0 fully saturated rings. The van der Waals surface area contributed by atoms with Gasteiger partial charge in [-0.1, -0.05) is 12.1 Å². The van der Waals surface area contributed by atoms with E-state index < -0.39 is 0 Å².